The molecule has 4 aromatic rings. The number of rotatable bonds is 3. The molecule has 0 N–H and O–H groups in total. The maximum atomic E-state index is 4.86. The molecule has 0 bridgehead atoms. The predicted molar refractivity (Wildman–Crippen MR) is 105 cm³/mol. The lowest BCUT2D eigenvalue weighted by atomic mass is 10.2. The second kappa shape index (κ2) is 5.95. The Kier molecular flexibility index (Phi) is 3.65. The first-order valence-corrected chi connectivity index (χ1v) is 9.67. The largest absolute Gasteiger partial charge is 0.331 e. The van der Waals surface area contributed by atoms with E-state index in [4.69, 9.17) is 9.97 Å². The van der Waals surface area contributed by atoms with Crippen LogP contribution in [0, 0.1) is 13.8 Å². The van der Waals surface area contributed by atoms with E-state index in [2.05, 4.69) is 60.8 Å². The van der Waals surface area contributed by atoms with Crippen LogP contribution < -0.4 is 0 Å². The number of benzene rings is 1. The highest BCUT2D eigenvalue weighted by molar-refractivity contribution is 9.10. The summed E-state index contributed by atoms with van der Waals surface area (Å²) >= 11 is 3.33. The summed E-state index contributed by atoms with van der Waals surface area (Å²) in [5.74, 6) is 4.14. The third-order valence-corrected chi connectivity index (χ3v) is 5.46. The Hall–Kier alpha value is -2.61. The number of aryl methyl sites for hydroxylation is 3. The molecular weight excluding hydrogens is 406 g/mol. The fourth-order valence-corrected chi connectivity index (χ4v) is 4.17. The van der Waals surface area contributed by atoms with E-state index in [-0.39, 0.29) is 0 Å². The molecule has 0 saturated heterocycles. The van der Waals surface area contributed by atoms with Gasteiger partial charge >= 0.3 is 0 Å². The fourth-order valence-electron chi connectivity index (χ4n) is 3.75. The maximum Gasteiger partial charge on any atom is 0.218 e. The fraction of sp³-hybridized carbons (Fsp3) is 0.316. The molecule has 0 spiro atoms. The SMILES string of the molecule is Cc1nc([C@@H]2C[C@H]2c2nc3ccccc3n2C)cc(-n2nc(Br)nc2C)n1. The van der Waals surface area contributed by atoms with Crippen LogP contribution >= 0.6 is 15.9 Å². The number of hydrogen-bond acceptors (Lipinski definition) is 5. The van der Waals surface area contributed by atoms with Crippen molar-refractivity contribution in [3.05, 3.63) is 58.2 Å². The van der Waals surface area contributed by atoms with Gasteiger partial charge in [0, 0.05) is 24.9 Å². The van der Waals surface area contributed by atoms with E-state index < -0.39 is 0 Å². The van der Waals surface area contributed by atoms with Gasteiger partial charge in [0.2, 0.25) is 4.73 Å². The van der Waals surface area contributed by atoms with E-state index in [0.29, 0.717) is 16.6 Å². The Labute approximate surface area is 164 Å². The summed E-state index contributed by atoms with van der Waals surface area (Å²) in [6.07, 6.45) is 1.05. The second-order valence-corrected chi connectivity index (χ2v) is 7.71. The lowest BCUT2D eigenvalue weighted by Crippen LogP contribution is -2.06. The van der Waals surface area contributed by atoms with Crippen molar-refractivity contribution in [2.45, 2.75) is 32.1 Å². The van der Waals surface area contributed by atoms with Crippen LogP contribution in [0.25, 0.3) is 16.9 Å². The monoisotopic (exact) mass is 423 g/mol. The van der Waals surface area contributed by atoms with Crippen LogP contribution in [0.4, 0.5) is 0 Å². The van der Waals surface area contributed by atoms with Crippen molar-refractivity contribution in [3.63, 3.8) is 0 Å². The van der Waals surface area contributed by atoms with Gasteiger partial charge in [-0.25, -0.2) is 19.9 Å². The zero-order valence-electron chi connectivity index (χ0n) is 15.3. The molecule has 5 rings (SSSR count). The average Bonchev–Trinajstić information content (AvgIpc) is 3.27. The van der Waals surface area contributed by atoms with Crippen molar-refractivity contribution < 1.29 is 0 Å². The first-order chi connectivity index (χ1) is 13.0. The molecule has 27 heavy (non-hydrogen) atoms. The van der Waals surface area contributed by atoms with Crippen LogP contribution in [0.2, 0.25) is 0 Å². The van der Waals surface area contributed by atoms with E-state index in [9.17, 15) is 0 Å². The highest BCUT2D eigenvalue weighted by atomic mass is 79.9. The molecule has 3 aromatic heterocycles. The number of para-hydroxylation sites is 2. The third-order valence-electron chi connectivity index (χ3n) is 5.13. The van der Waals surface area contributed by atoms with Crippen LogP contribution in [0.15, 0.2) is 35.1 Å². The third kappa shape index (κ3) is 2.75. The van der Waals surface area contributed by atoms with Crippen LogP contribution in [0.3, 0.4) is 0 Å². The summed E-state index contributed by atoms with van der Waals surface area (Å²) in [7, 11) is 2.09. The minimum absolute atomic E-state index is 0.355. The zero-order valence-corrected chi connectivity index (χ0v) is 16.8. The van der Waals surface area contributed by atoms with Gasteiger partial charge in [-0.05, 0) is 48.3 Å². The van der Waals surface area contributed by atoms with Gasteiger partial charge in [0.25, 0.3) is 0 Å². The van der Waals surface area contributed by atoms with Crippen LogP contribution in [-0.4, -0.2) is 34.3 Å². The molecule has 2 atom stereocenters. The molecule has 0 amide bonds. The minimum Gasteiger partial charge on any atom is -0.331 e. The Morgan fingerprint density at radius 1 is 1.04 bits per heavy atom. The molecule has 1 aliphatic carbocycles. The van der Waals surface area contributed by atoms with Crippen LogP contribution in [0.5, 0.6) is 0 Å². The molecular formula is C19H18BrN7. The van der Waals surface area contributed by atoms with E-state index >= 15 is 0 Å². The van der Waals surface area contributed by atoms with Crippen molar-refractivity contribution in [1.82, 2.24) is 34.3 Å². The summed E-state index contributed by atoms with van der Waals surface area (Å²) in [5, 5.41) is 4.38. The second-order valence-electron chi connectivity index (χ2n) is 7.00. The molecule has 0 unspecified atom stereocenters. The first kappa shape index (κ1) is 16.6. The molecule has 0 aliphatic heterocycles. The van der Waals surface area contributed by atoms with Crippen LogP contribution in [-0.2, 0) is 7.05 Å². The van der Waals surface area contributed by atoms with Gasteiger partial charge in [0.1, 0.15) is 17.5 Å². The minimum atomic E-state index is 0.355. The number of imidazole rings is 1. The molecule has 0 radical (unpaired) electrons. The van der Waals surface area contributed by atoms with Crippen molar-refractivity contribution >= 4 is 27.0 Å². The number of nitrogens with zero attached hydrogens (tertiary/aromatic N) is 7. The van der Waals surface area contributed by atoms with Gasteiger partial charge in [0.15, 0.2) is 5.82 Å². The average molecular weight is 424 g/mol. The summed E-state index contributed by atoms with van der Waals surface area (Å²) in [5.41, 5.74) is 3.25. The van der Waals surface area contributed by atoms with E-state index in [1.807, 2.05) is 26.0 Å². The van der Waals surface area contributed by atoms with Gasteiger partial charge in [0.05, 0.1) is 16.7 Å². The van der Waals surface area contributed by atoms with Gasteiger partial charge in [-0.2, -0.15) is 4.68 Å². The van der Waals surface area contributed by atoms with Crippen LogP contribution in [0.1, 0.15) is 41.4 Å². The molecule has 1 saturated carbocycles. The molecule has 1 aliphatic rings. The predicted octanol–water partition coefficient (Wildman–Crippen LogP) is 3.59. The number of aromatic nitrogens is 7. The highest BCUT2D eigenvalue weighted by Gasteiger charge is 2.44. The quantitative estimate of drug-likeness (QED) is 0.503. The molecule has 1 fully saturated rings. The lowest BCUT2D eigenvalue weighted by molar-refractivity contribution is 0.770. The van der Waals surface area contributed by atoms with Gasteiger partial charge in [-0.3, -0.25) is 0 Å². The van der Waals surface area contributed by atoms with Gasteiger partial charge < -0.3 is 4.57 Å². The Bertz CT molecular complexity index is 1180. The lowest BCUT2D eigenvalue weighted by Gasteiger charge is -2.07. The van der Waals surface area contributed by atoms with Crippen molar-refractivity contribution in [1.29, 1.82) is 0 Å². The Balaban J connectivity index is 1.51. The zero-order chi connectivity index (χ0) is 18.7. The topological polar surface area (TPSA) is 74.3 Å². The number of fused-ring (bicyclic) bond motifs is 1. The first-order valence-electron chi connectivity index (χ1n) is 8.87. The van der Waals surface area contributed by atoms with Crippen molar-refractivity contribution in [2.75, 3.05) is 0 Å². The van der Waals surface area contributed by atoms with Gasteiger partial charge in [-0.1, -0.05) is 12.1 Å². The summed E-state index contributed by atoms with van der Waals surface area (Å²) in [6, 6.07) is 10.3. The van der Waals surface area contributed by atoms with Gasteiger partial charge in [-0.15, -0.1) is 5.10 Å². The Morgan fingerprint density at radius 3 is 2.59 bits per heavy atom. The van der Waals surface area contributed by atoms with E-state index in [0.717, 1.165) is 40.9 Å². The Morgan fingerprint density at radius 2 is 1.85 bits per heavy atom. The molecule has 136 valence electrons. The standard InChI is InChI=1S/C19H18BrN7/c1-10-21-15(9-17(22-10)27-11(2)23-19(20)25-27)12-8-13(12)18-24-14-6-4-5-7-16(14)26(18)3/h4-7,9,12-13H,8H2,1-3H3/t12-,13-/m1/s1. The normalized spacial score (nSPS) is 19.0. The van der Waals surface area contributed by atoms with E-state index in [1.165, 1.54) is 5.52 Å². The van der Waals surface area contributed by atoms with Crippen molar-refractivity contribution in [3.8, 4) is 5.82 Å². The van der Waals surface area contributed by atoms with E-state index in [1.54, 1.807) is 4.68 Å². The number of halogens is 1. The molecule has 8 heteroatoms. The smallest absolute Gasteiger partial charge is 0.218 e. The summed E-state index contributed by atoms with van der Waals surface area (Å²) in [6.45, 7) is 3.83. The highest BCUT2D eigenvalue weighted by Crippen LogP contribution is 2.54. The molecule has 3 heterocycles. The summed E-state index contributed by atoms with van der Waals surface area (Å²) in [4.78, 5) is 18.4. The maximum absolute atomic E-state index is 4.86. The molecule has 1 aromatic carbocycles. The van der Waals surface area contributed by atoms with Crippen molar-refractivity contribution in [2.24, 2.45) is 7.05 Å². The molecule has 7 nitrogen and oxygen atoms in total. The summed E-state index contributed by atoms with van der Waals surface area (Å²) < 4.78 is 4.50. The number of hydrogen-bond donors (Lipinski definition) is 0.